The zero-order valence-corrected chi connectivity index (χ0v) is 18.5. The topological polar surface area (TPSA) is 108 Å². The SMILES string of the molecule is Cn1ncc2cc(C3CCC(OCC4CN(/C(N)=C/C=C\N)CCC4N)CC3)ccc21. The third-order valence-electron chi connectivity index (χ3n) is 7.00. The summed E-state index contributed by atoms with van der Waals surface area (Å²) < 4.78 is 8.28. The van der Waals surface area contributed by atoms with Crippen molar-refractivity contribution < 1.29 is 4.74 Å². The molecule has 7 heteroatoms. The number of piperidine rings is 1. The average Bonchev–Trinajstić information content (AvgIpc) is 3.17. The Morgan fingerprint density at radius 1 is 1.23 bits per heavy atom. The van der Waals surface area contributed by atoms with Gasteiger partial charge in [0.05, 0.1) is 30.2 Å². The third kappa shape index (κ3) is 5.05. The van der Waals surface area contributed by atoms with Crippen LogP contribution >= 0.6 is 0 Å². The molecule has 0 bridgehead atoms. The normalized spacial score (nSPS) is 27.9. The molecule has 1 aliphatic carbocycles. The number of benzene rings is 1. The molecule has 168 valence electrons. The van der Waals surface area contributed by atoms with Crippen LogP contribution in [-0.2, 0) is 11.8 Å². The van der Waals surface area contributed by atoms with Gasteiger partial charge in [0.15, 0.2) is 0 Å². The summed E-state index contributed by atoms with van der Waals surface area (Å²) in [5, 5.41) is 5.59. The van der Waals surface area contributed by atoms with Gasteiger partial charge in [0.25, 0.3) is 0 Å². The fraction of sp³-hybridized carbons (Fsp3) is 0.542. The summed E-state index contributed by atoms with van der Waals surface area (Å²) >= 11 is 0. The first-order chi connectivity index (χ1) is 15.0. The maximum atomic E-state index is 6.39. The summed E-state index contributed by atoms with van der Waals surface area (Å²) in [6.45, 7) is 2.42. The Morgan fingerprint density at radius 3 is 2.81 bits per heavy atom. The van der Waals surface area contributed by atoms with Crippen molar-refractivity contribution >= 4 is 10.9 Å². The van der Waals surface area contributed by atoms with Crippen molar-refractivity contribution in [2.24, 2.45) is 30.2 Å². The summed E-state index contributed by atoms with van der Waals surface area (Å²) in [6.07, 6.45) is 12.9. The number of aryl methyl sites for hydroxylation is 1. The van der Waals surface area contributed by atoms with E-state index < -0.39 is 0 Å². The van der Waals surface area contributed by atoms with E-state index in [4.69, 9.17) is 21.9 Å². The number of aromatic nitrogens is 2. The molecule has 1 saturated heterocycles. The molecule has 0 radical (unpaired) electrons. The molecule has 1 saturated carbocycles. The van der Waals surface area contributed by atoms with Crippen LogP contribution in [0.3, 0.4) is 0 Å². The van der Waals surface area contributed by atoms with Crippen LogP contribution in [0.1, 0.15) is 43.6 Å². The van der Waals surface area contributed by atoms with Crippen LogP contribution in [0.4, 0.5) is 0 Å². The van der Waals surface area contributed by atoms with Crippen LogP contribution in [0.15, 0.2) is 48.6 Å². The van der Waals surface area contributed by atoms with Gasteiger partial charge < -0.3 is 26.8 Å². The first kappa shape index (κ1) is 21.7. The summed E-state index contributed by atoms with van der Waals surface area (Å²) in [6, 6.07) is 6.93. The minimum Gasteiger partial charge on any atom is -0.405 e. The Bertz CT molecular complexity index is 927. The highest BCUT2D eigenvalue weighted by molar-refractivity contribution is 5.79. The lowest BCUT2D eigenvalue weighted by Crippen LogP contribution is -2.49. The minimum atomic E-state index is 0.164. The van der Waals surface area contributed by atoms with Gasteiger partial charge in [0.1, 0.15) is 0 Å². The number of fused-ring (bicyclic) bond motifs is 1. The van der Waals surface area contributed by atoms with Crippen LogP contribution in [0.2, 0.25) is 0 Å². The molecule has 2 aromatic rings. The van der Waals surface area contributed by atoms with Crippen molar-refractivity contribution in [2.45, 2.75) is 50.2 Å². The summed E-state index contributed by atoms with van der Waals surface area (Å²) in [5.41, 5.74) is 20.6. The maximum Gasteiger partial charge on any atom is 0.0987 e. The van der Waals surface area contributed by atoms with E-state index in [-0.39, 0.29) is 6.04 Å². The molecule has 2 fully saturated rings. The van der Waals surface area contributed by atoms with E-state index in [9.17, 15) is 0 Å². The van der Waals surface area contributed by atoms with Crippen molar-refractivity contribution in [2.75, 3.05) is 19.7 Å². The van der Waals surface area contributed by atoms with Crippen molar-refractivity contribution in [3.8, 4) is 0 Å². The molecule has 1 aliphatic heterocycles. The second kappa shape index (κ2) is 9.75. The van der Waals surface area contributed by atoms with E-state index in [1.54, 1.807) is 6.08 Å². The van der Waals surface area contributed by atoms with E-state index in [2.05, 4.69) is 28.2 Å². The highest BCUT2D eigenvalue weighted by atomic mass is 16.5. The number of nitrogens with two attached hydrogens (primary N) is 3. The lowest BCUT2D eigenvalue weighted by molar-refractivity contribution is -0.0121. The standard InChI is InChI=1S/C24H36N6O/c1-29-23-9-6-18(13-19(23)14-28-29)17-4-7-21(8-5-17)31-16-20-15-30(12-10-22(20)26)24(27)3-2-11-25/h2-3,6,9,11,13-14,17,20-22H,4-5,7-8,10,12,15-16,25-27H2,1H3/b11-2-,24-3+. The number of hydrogen-bond donors (Lipinski definition) is 3. The Balaban J connectivity index is 1.27. The van der Waals surface area contributed by atoms with Gasteiger partial charge in [-0.25, -0.2) is 0 Å². The number of nitrogens with zero attached hydrogens (tertiary/aromatic N) is 3. The summed E-state index contributed by atoms with van der Waals surface area (Å²) in [5.74, 6) is 1.65. The quantitative estimate of drug-likeness (QED) is 0.615. The largest absolute Gasteiger partial charge is 0.405 e. The zero-order valence-electron chi connectivity index (χ0n) is 18.5. The fourth-order valence-corrected chi connectivity index (χ4v) is 4.98. The molecule has 2 aliphatic rings. The fourth-order valence-electron chi connectivity index (χ4n) is 4.98. The van der Waals surface area contributed by atoms with Gasteiger partial charge in [-0.1, -0.05) is 6.07 Å². The van der Waals surface area contributed by atoms with Gasteiger partial charge in [0, 0.05) is 37.5 Å². The molecule has 1 aromatic heterocycles. The molecular formula is C24H36N6O. The molecular weight excluding hydrogens is 388 g/mol. The second-order valence-corrected chi connectivity index (χ2v) is 9.03. The number of rotatable bonds is 6. The molecule has 2 atom stereocenters. The van der Waals surface area contributed by atoms with Gasteiger partial charge >= 0.3 is 0 Å². The van der Waals surface area contributed by atoms with Gasteiger partial charge in [-0.15, -0.1) is 0 Å². The van der Waals surface area contributed by atoms with E-state index in [1.165, 1.54) is 35.5 Å². The second-order valence-electron chi connectivity index (χ2n) is 9.03. The predicted octanol–water partition coefficient (Wildman–Crippen LogP) is 2.54. The zero-order chi connectivity index (χ0) is 21.8. The number of allylic oxidation sites excluding steroid dienone is 2. The highest BCUT2D eigenvalue weighted by Crippen LogP contribution is 2.35. The van der Waals surface area contributed by atoms with Crippen LogP contribution in [-0.4, -0.2) is 46.5 Å². The molecule has 0 amide bonds. The van der Waals surface area contributed by atoms with Crippen LogP contribution in [0.5, 0.6) is 0 Å². The first-order valence-electron chi connectivity index (χ1n) is 11.4. The van der Waals surface area contributed by atoms with Gasteiger partial charge in [-0.3, -0.25) is 4.68 Å². The van der Waals surface area contributed by atoms with E-state index >= 15 is 0 Å². The molecule has 7 nitrogen and oxygen atoms in total. The predicted molar refractivity (Wildman–Crippen MR) is 125 cm³/mol. The Labute approximate surface area is 184 Å². The van der Waals surface area contributed by atoms with Crippen LogP contribution in [0.25, 0.3) is 10.9 Å². The van der Waals surface area contributed by atoms with Gasteiger partial charge in [-0.2, -0.15) is 5.10 Å². The first-order valence-corrected chi connectivity index (χ1v) is 11.4. The molecule has 31 heavy (non-hydrogen) atoms. The highest BCUT2D eigenvalue weighted by Gasteiger charge is 2.29. The molecule has 4 rings (SSSR count). The Hall–Kier alpha value is -2.51. The van der Waals surface area contributed by atoms with E-state index in [0.29, 0.717) is 24.5 Å². The van der Waals surface area contributed by atoms with E-state index in [0.717, 1.165) is 38.2 Å². The molecule has 1 aromatic carbocycles. The summed E-state index contributed by atoms with van der Waals surface area (Å²) in [7, 11) is 1.99. The van der Waals surface area contributed by atoms with Crippen LogP contribution in [0, 0.1) is 5.92 Å². The van der Waals surface area contributed by atoms with E-state index in [1.807, 2.05) is 24.0 Å². The van der Waals surface area contributed by atoms with Crippen molar-refractivity contribution in [3.05, 3.63) is 54.1 Å². The van der Waals surface area contributed by atoms with Crippen molar-refractivity contribution in [1.82, 2.24) is 14.7 Å². The average molecular weight is 425 g/mol. The Morgan fingerprint density at radius 2 is 2.03 bits per heavy atom. The minimum absolute atomic E-state index is 0.164. The summed E-state index contributed by atoms with van der Waals surface area (Å²) in [4.78, 5) is 2.18. The number of likely N-dealkylation sites (tertiary alicyclic amines) is 1. The lowest BCUT2D eigenvalue weighted by atomic mass is 9.82. The maximum absolute atomic E-state index is 6.39. The molecule has 2 heterocycles. The van der Waals surface area contributed by atoms with Crippen LogP contribution < -0.4 is 17.2 Å². The molecule has 6 N–H and O–H groups in total. The van der Waals surface area contributed by atoms with Gasteiger partial charge in [0.2, 0.25) is 0 Å². The van der Waals surface area contributed by atoms with Crippen molar-refractivity contribution in [1.29, 1.82) is 0 Å². The van der Waals surface area contributed by atoms with Gasteiger partial charge in [-0.05, 0) is 74.1 Å². The molecule has 0 spiro atoms. The monoisotopic (exact) mass is 424 g/mol. The van der Waals surface area contributed by atoms with Crippen molar-refractivity contribution in [3.63, 3.8) is 0 Å². The Kier molecular flexibility index (Phi) is 6.83. The third-order valence-corrected chi connectivity index (χ3v) is 7.00. The molecule has 2 unspecified atom stereocenters. The smallest absolute Gasteiger partial charge is 0.0987 e. The number of hydrogen-bond acceptors (Lipinski definition) is 6. The number of ether oxygens (including phenoxy) is 1. The lowest BCUT2D eigenvalue weighted by Gasteiger charge is -2.39.